The van der Waals surface area contributed by atoms with Gasteiger partial charge in [-0.3, -0.25) is 0 Å². The summed E-state index contributed by atoms with van der Waals surface area (Å²) in [5, 5.41) is 7.02. The molecule has 0 amide bonds. The molecule has 3 rings (SSSR count). The van der Waals surface area contributed by atoms with Gasteiger partial charge in [0.25, 0.3) is 0 Å². The number of nitrogens with one attached hydrogen (secondary N) is 2. The second-order valence-corrected chi connectivity index (χ2v) is 5.99. The molecule has 0 radical (unpaired) electrons. The highest BCUT2D eigenvalue weighted by molar-refractivity contribution is 5.27. The third kappa shape index (κ3) is 4.05. The van der Waals surface area contributed by atoms with Crippen LogP contribution in [-0.2, 0) is 4.74 Å². The van der Waals surface area contributed by atoms with Crippen molar-refractivity contribution in [3.8, 4) is 0 Å². The number of ether oxygens (including phenoxy) is 1. The predicted octanol–water partition coefficient (Wildman–Crippen LogP) is 2.29. The lowest BCUT2D eigenvalue weighted by molar-refractivity contribution is 0.0317. The van der Waals surface area contributed by atoms with E-state index in [9.17, 15) is 0 Å². The molecule has 3 nitrogen and oxygen atoms in total. The fourth-order valence-electron chi connectivity index (χ4n) is 3.06. The van der Waals surface area contributed by atoms with E-state index in [0.29, 0.717) is 12.1 Å². The van der Waals surface area contributed by atoms with Crippen LogP contribution < -0.4 is 10.6 Å². The molecule has 1 saturated carbocycles. The number of hydrogen-bond donors (Lipinski definition) is 2. The lowest BCUT2D eigenvalue weighted by Crippen LogP contribution is -2.33. The molecule has 0 spiro atoms. The molecule has 2 atom stereocenters. The monoisotopic (exact) mass is 274 g/mol. The molecule has 1 aliphatic heterocycles. The maximum Gasteiger partial charge on any atom is 0.0599 e. The Kier molecular flexibility index (Phi) is 5.06. The maximum atomic E-state index is 5.92. The standard InChI is InChI=1S/C17H26N2O/c1-2-5-14(6-3-1)16-13-17(16)19-9-4-12-20-15-7-10-18-11-8-15/h1-3,5-6,15-19H,4,7-13H2. The minimum absolute atomic E-state index is 0.495. The predicted molar refractivity (Wildman–Crippen MR) is 82.1 cm³/mol. The van der Waals surface area contributed by atoms with Crippen molar-refractivity contribution in [3.63, 3.8) is 0 Å². The number of hydrogen-bond acceptors (Lipinski definition) is 3. The van der Waals surface area contributed by atoms with Crippen LogP contribution in [0.2, 0.25) is 0 Å². The SMILES string of the molecule is c1ccc(C2CC2NCCCOC2CCNCC2)cc1. The third-order valence-electron chi connectivity index (χ3n) is 4.39. The first kappa shape index (κ1) is 14.1. The van der Waals surface area contributed by atoms with Gasteiger partial charge in [0.05, 0.1) is 6.10 Å². The first-order valence-electron chi connectivity index (χ1n) is 8.04. The lowest BCUT2D eigenvalue weighted by Gasteiger charge is -2.22. The Labute approximate surface area is 122 Å². The molecule has 0 aromatic heterocycles. The second-order valence-electron chi connectivity index (χ2n) is 5.99. The molecular weight excluding hydrogens is 248 g/mol. The van der Waals surface area contributed by atoms with Crippen molar-refractivity contribution >= 4 is 0 Å². The summed E-state index contributed by atoms with van der Waals surface area (Å²) in [6.45, 7) is 4.22. The third-order valence-corrected chi connectivity index (χ3v) is 4.39. The summed E-state index contributed by atoms with van der Waals surface area (Å²) in [5.74, 6) is 0.738. The van der Waals surface area contributed by atoms with Gasteiger partial charge >= 0.3 is 0 Å². The van der Waals surface area contributed by atoms with Crippen LogP contribution in [0, 0.1) is 0 Å². The lowest BCUT2D eigenvalue weighted by atomic mass is 10.1. The molecule has 1 aromatic rings. The van der Waals surface area contributed by atoms with Crippen molar-refractivity contribution in [1.29, 1.82) is 0 Å². The fraction of sp³-hybridized carbons (Fsp3) is 0.647. The molecule has 110 valence electrons. The molecule has 20 heavy (non-hydrogen) atoms. The van der Waals surface area contributed by atoms with Gasteiger partial charge in [0.2, 0.25) is 0 Å². The summed E-state index contributed by atoms with van der Waals surface area (Å²) in [5.41, 5.74) is 1.48. The van der Waals surface area contributed by atoms with E-state index < -0.39 is 0 Å². The largest absolute Gasteiger partial charge is 0.378 e. The summed E-state index contributed by atoms with van der Waals surface area (Å²) in [7, 11) is 0. The number of benzene rings is 1. The Morgan fingerprint density at radius 1 is 1.15 bits per heavy atom. The average Bonchev–Trinajstić information content (AvgIpc) is 3.28. The molecule has 2 unspecified atom stereocenters. The van der Waals surface area contributed by atoms with Gasteiger partial charge in [-0.15, -0.1) is 0 Å². The summed E-state index contributed by atoms with van der Waals surface area (Å²) >= 11 is 0. The molecule has 3 heteroatoms. The molecule has 2 aliphatic rings. The normalized spacial score (nSPS) is 26.6. The van der Waals surface area contributed by atoms with Gasteiger partial charge in [0.1, 0.15) is 0 Å². The van der Waals surface area contributed by atoms with E-state index in [4.69, 9.17) is 4.74 Å². The molecule has 2 fully saturated rings. The zero-order valence-electron chi connectivity index (χ0n) is 12.2. The van der Waals surface area contributed by atoms with Crippen LogP contribution in [-0.4, -0.2) is 38.4 Å². The van der Waals surface area contributed by atoms with Crippen molar-refractivity contribution in [2.75, 3.05) is 26.2 Å². The highest BCUT2D eigenvalue weighted by atomic mass is 16.5. The van der Waals surface area contributed by atoms with Gasteiger partial charge in [-0.25, -0.2) is 0 Å². The smallest absolute Gasteiger partial charge is 0.0599 e. The van der Waals surface area contributed by atoms with E-state index in [-0.39, 0.29) is 0 Å². The second kappa shape index (κ2) is 7.21. The Morgan fingerprint density at radius 2 is 1.95 bits per heavy atom. The van der Waals surface area contributed by atoms with Crippen LogP contribution in [0.4, 0.5) is 0 Å². The molecule has 1 saturated heterocycles. The maximum absolute atomic E-state index is 5.92. The molecule has 1 heterocycles. The van der Waals surface area contributed by atoms with E-state index in [2.05, 4.69) is 41.0 Å². The highest BCUT2D eigenvalue weighted by Gasteiger charge is 2.37. The fourth-order valence-corrected chi connectivity index (χ4v) is 3.06. The van der Waals surface area contributed by atoms with Gasteiger partial charge in [-0.05, 0) is 50.9 Å². The van der Waals surface area contributed by atoms with Crippen LogP contribution >= 0.6 is 0 Å². The van der Waals surface area contributed by atoms with Gasteiger partial charge in [-0.2, -0.15) is 0 Å². The van der Waals surface area contributed by atoms with Crippen LogP contribution in [0.5, 0.6) is 0 Å². The van der Waals surface area contributed by atoms with Crippen molar-refractivity contribution in [3.05, 3.63) is 35.9 Å². The van der Waals surface area contributed by atoms with Crippen LogP contribution in [0.3, 0.4) is 0 Å². The summed E-state index contributed by atoms with van der Waals surface area (Å²) in [6.07, 6.45) is 5.26. The zero-order valence-corrected chi connectivity index (χ0v) is 12.2. The van der Waals surface area contributed by atoms with Crippen molar-refractivity contribution < 1.29 is 4.74 Å². The Balaban J connectivity index is 1.24. The first-order chi connectivity index (χ1) is 9.93. The average molecular weight is 274 g/mol. The van der Waals surface area contributed by atoms with E-state index >= 15 is 0 Å². The summed E-state index contributed by atoms with van der Waals surface area (Å²) in [4.78, 5) is 0. The van der Waals surface area contributed by atoms with Crippen molar-refractivity contribution in [2.24, 2.45) is 0 Å². The highest BCUT2D eigenvalue weighted by Crippen LogP contribution is 2.40. The van der Waals surface area contributed by atoms with E-state index in [1.165, 1.54) is 24.8 Å². The van der Waals surface area contributed by atoms with E-state index in [0.717, 1.165) is 38.6 Å². The molecule has 1 aromatic carbocycles. The minimum atomic E-state index is 0.495. The summed E-state index contributed by atoms with van der Waals surface area (Å²) < 4.78 is 5.92. The van der Waals surface area contributed by atoms with E-state index in [1.54, 1.807) is 0 Å². The molecule has 1 aliphatic carbocycles. The number of piperidine rings is 1. The molecule has 2 N–H and O–H groups in total. The summed E-state index contributed by atoms with van der Waals surface area (Å²) in [6, 6.07) is 11.5. The Morgan fingerprint density at radius 3 is 2.75 bits per heavy atom. The van der Waals surface area contributed by atoms with Crippen molar-refractivity contribution in [2.45, 2.75) is 43.7 Å². The zero-order chi connectivity index (χ0) is 13.6. The first-order valence-corrected chi connectivity index (χ1v) is 8.04. The van der Waals surface area contributed by atoms with Gasteiger partial charge in [0, 0.05) is 18.6 Å². The van der Waals surface area contributed by atoms with E-state index in [1.807, 2.05) is 0 Å². The van der Waals surface area contributed by atoms with Crippen LogP contribution in [0.15, 0.2) is 30.3 Å². The Bertz CT molecular complexity index is 389. The van der Waals surface area contributed by atoms with Gasteiger partial charge in [-0.1, -0.05) is 30.3 Å². The van der Waals surface area contributed by atoms with Crippen molar-refractivity contribution in [1.82, 2.24) is 10.6 Å². The quantitative estimate of drug-likeness (QED) is 0.749. The van der Waals surface area contributed by atoms with Gasteiger partial charge in [0.15, 0.2) is 0 Å². The van der Waals surface area contributed by atoms with Crippen LogP contribution in [0.1, 0.15) is 37.2 Å². The van der Waals surface area contributed by atoms with Gasteiger partial charge < -0.3 is 15.4 Å². The molecular formula is C17H26N2O. The Hall–Kier alpha value is -0.900. The minimum Gasteiger partial charge on any atom is -0.378 e. The van der Waals surface area contributed by atoms with Crippen LogP contribution in [0.25, 0.3) is 0 Å². The number of rotatable bonds is 7. The molecule has 0 bridgehead atoms. The topological polar surface area (TPSA) is 33.3 Å².